The molecule has 5 nitrogen and oxygen atoms in total. The van der Waals surface area contributed by atoms with E-state index < -0.39 is 22.3 Å². The fourth-order valence-corrected chi connectivity index (χ4v) is 1.94. The summed E-state index contributed by atoms with van der Waals surface area (Å²) in [5, 5.41) is 13.4. The SMILES string of the molecule is O=C(Nc1cccc(CCl)c1)c1ccc(F)cc1[N+](=O)[O-]. The lowest BCUT2D eigenvalue weighted by Crippen LogP contribution is -2.14. The van der Waals surface area contributed by atoms with Crippen molar-refractivity contribution in [2.45, 2.75) is 5.88 Å². The molecule has 0 saturated heterocycles. The Kier molecular flexibility index (Phi) is 4.49. The van der Waals surface area contributed by atoms with Crippen molar-refractivity contribution in [1.29, 1.82) is 0 Å². The highest BCUT2D eigenvalue weighted by Crippen LogP contribution is 2.21. The summed E-state index contributed by atoms with van der Waals surface area (Å²) in [6, 6.07) is 9.55. The van der Waals surface area contributed by atoms with E-state index in [2.05, 4.69) is 5.32 Å². The first-order valence-electron chi connectivity index (χ1n) is 5.91. The zero-order valence-corrected chi connectivity index (χ0v) is 11.4. The second-order valence-electron chi connectivity index (χ2n) is 4.21. The number of carbonyl (C=O) groups excluding carboxylic acids is 1. The number of halogens is 2. The van der Waals surface area contributed by atoms with E-state index in [1.165, 1.54) is 0 Å². The first kappa shape index (κ1) is 14.9. The molecule has 0 fully saturated rings. The number of nitro benzene ring substituents is 1. The van der Waals surface area contributed by atoms with Crippen molar-refractivity contribution in [3.05, 3.63) is 69.5 Å². The van der Waals surface area contributed by atoms with E-state index in [-0.39, 0.29) is 11.4 Å². The average Bonchev–Trinajstić information content (AvgIpc) is 2.47. The molecule has 1 N–H and O–H groups in total. The lowest BCUT2D eigenvalue weighted by atomic mass is 10.1. The molecule has 0 heterocycles. The average molecular weight is 309 g/mol. The number of amides is 1. The Bertz CT molecular complexity index is 706. The topological polar surface area (TPSA) is 72.2 Å². The molecule has 0 saturated carbocycles. The van der Waals surface area contributed by atoms with Gasteiger partial charge in [-0.1, -0.05) is 12.1 Å². The van der Waals surface area contributed by atoms with E-state index in [4.69, 9.17) is 11.6 Å². The van der Waals surface area contributed by atoms with Gasteiger partial charge in [0.05, 0.1) is 11.0 Å². The molecular weight excluding hydrogens is 299 g/mol. The number of benzene rings is 2. The minimum absolute atomic E-state index is 0.210. The molecule has 0 radical (unpaired) electrons. The molecule has 0 aliphatic carbocycles. The van der Waals surface area contributed by atoms with Crippen molar-refractivity contribution in [1.82, 2.24) is 0 Å². The Balaban J connectivity index is 2.30. The van der Waals surface area contributed by atoms with Crippen LogP contribution in [0.1, 0.15) is 15.9 Å². The van der Waals surface area contributed by atoms with Gasteiger partial charge in [0.25, 0.3) is 11.6 Å². The Morgan fingerprint density at radius 2 is 2.05 bits per heavy atom. The maximum absolute atomic E-state index is 13.0. The van der Waals surface area contributed by atoms with Crippen LogP contribution < -0.4 is 5.32 Å². The minimum Gasteiger partial charge on any atom is -0.322 e. The highest BCUT2D eigenvalue weighted by atomic mass is 35.5. The first-order chi connectivity index (χ1) is 10.0. The Hall–Kier alpha value is -2.47. The molecule has 2 aromatic carbocycles. The largest absolute Gasteiger partial charge is 0.322 e. The number of hydrogen-bond acceptors (Lipinski definition) is 3. The molecule has 1 amide bonds. The lowest BCUT2D eigenvalue weighted by Gasteiger charge is -2.07. The second kappa shape index (κ2) is 6.32. The summed E-state index contributed by atoms with van der Waals surface area (Å²) in [6.45, 7) is 0. The molecule has 0 unspecified atom stereocenters. The van der Waals surface area contributed by atoms with E-state index in [0.29, 0.717) is 11.8 Å². The van der Waals surface area contributed by atoms with E-state index in [1.54, 1.807) is 24.3 Å². The molecular formula is C14H10ClFN2O3. The van der Waals surface area contributed by atoms with E-state index in [9.17, 15) is 19.3 Å². The number of nitrogens with one attached hydrogen (secondary N) is 1. The fourth-order valence-electron chi connectivity index (χ4n) is 1.78. The third-order valence-corrected chi connectivity index (χ3v) is 3.05. The molecule has 21 heavy (non-hydrogen) atoms. The minimum atomic E-state index is -0.798. The van der Waals surface area contributed by atoms with Crippen LogP contribution in [0.2, 0.25) is 0 Å². The van der Waals surface area contributed by atoms with Gasteiger partial charge in [0.15, 0.2) is 0 Å². The first-order valence-corrected chi connectivity index (χ1v) is 6.45. The van der Waals surface area contributed by atoms with E-state index in [0.717, 1.165) is 17.7 Å². The molecule has 108 valence electrons. The van der Waals surface area contributed by atoms with Gasteiger partial charge in [0, 0.05) is 11.6 Å². The van der Waals surface area contributed by atoms with Gasteiger partial charge in [-0.2, -0.15) is 0 Å². The van der Waals surface area contributed by atoms with Crippen molar-refractivity contribution >= 4 is 28.9 Å². The molecule has 0 aliphatic rings. The fraction of sp³-hybridized carbons (Fsp3) is 0.0714. The van der Waals surface area contributed by atoms with Crippen LogP contribution in [0, 0.1) is 15.9 Å². The summed E-state index contributed by atoms with van der Waals surface area (Å²) >= 11 is 5.69. The van der Waals surface area contributed by atoms with Gasteiger partial charge in [-0.25, -0.2) is 4.39 Å². The molecule has 7 heteroatoms. The Morgan fingerprint density at radius 1 is 1.29 bits per heavy atom. The number of rotatable bonds is 4. The summed E-state index contributed by atoms with van der Waals surface area (Å²) in [7, 11) is 0. The summed E-state index contributed by atoms with van der Waals surface area (Å²) in [4.78, 5) is 22.2. The van der Waals surface area contributed by atoms with Gasteiger partial charge >= 0.3 is 0 Å². The summed E-state index contributed by atoms with van der Waals surface area (Å²) in [5.41, 5.74) is 0.457. The smallest absolute Gasteiger partial charge is 0.285 e. The van der Waals surface area contributed by atoms with Crippen LogP contribution in [-0.4, -0.2) is 10.8 Å². The van der Waals surface area contributed by atoms with Gasteiger partial charge in [-0.15, -0.1) is 11.6 Å². The molecule has 0 aliphatic heterocycles. The number of nitrogens with zero attached hydrogens (tertiary/aromatic N) is 1. The van der Waals surface area contributed by atoms with Crippen LogP contribution in [0.5, 0.6) is 0 Å². The third kappa shape index (κ3) is 3.55. The van der Waals surface area contributed by atoms with Gasteiger partial charge in [-0.3, -0.25) is 14.9 Å². The molecule has 0 aromatic heterocycles. The molecule has 2 aromatic rings. The van der Waals surface area contributed by atoms with Gasteiger partial charge in [0.2, 0.25) is 0 Å². The van der Waals surface area contributed by atoms with Crippen molar-refractivity contribution in [3.63, 3.8) is 0 Å². The standard InChI is InChI=1S/C14H10ClFN2O3/c15-8-9-2-1-3-11(6-9)17-14(19)12-5-4-10(16)7-13(12)18(20)21/h1-7H,8H2,(H,17,19). The van der Waals surface area contributed by atoms with Crippen molar-refractivity contribution in [3.8, 4) is 0 Å². The normalized spacial score (nSPS) is 10.2. The van der Waals surface area contributed by atoms with Crippen molar-refractivity contribution in [2.24, 2.45) is 0 Å². The zero-order chi connectivity index (χ0) is 15.4. The van der Waals surface area contributed by atoms with Crippen molar-refractivity contribution < 1.29 is 14.1 Å². The van der Waals surface area contributed by atoms with Crippen LogP contribution >= 0.6 is 11.6 Å². The summed E-state index contributed by atoms with van der Waals surface area (Å²) in [5.74, 6) is -1.18. The number of alkyl halides is 1. The quantitative estimate of drug-likeness (QED) is 0.531. The summed E-state index contributed by atoms with van der Waals surface area (Å²) < 4.78 is 13.0. The Morgan fingerprint density at radius 3 is 2.71 bits per heavy atom. The van der Waals surface area contributed by atoms with Crippen molar-refractivity contribution in [2.75, 3.05) is 5.32 Å². The highest BCUT2D eigenvalue weighted by molar-refractivity contribution is 6.17. The van der Waals surface area contributed by atoms with Crippen LogP contribution in [0.3, 0.4) is 0 Å². The third-order valence-electron chi connectivity index (χ3n) is 2.74. The number of hydrogen-bond donors (Lipinski definition) is 1. The van der Waals surface area contributed by atoms with Crippen LogP contribution in [-0.2, 0) is 5.88 Å². The predicted octanol–water partition coefficient (Wildman–Crippen LogP) is 3.73. The maximum atomic E-state index is 13.0. The highest BCUT2D eigenvalue weighted by Gasteiger charge is 2.21. The Labute approximate surface area is 124 Å². The van der Waals surface area contributed by atoms with E-state index in [1.807, 2.05) is 0 Å². The second-order valence-corrected chi connectivity index (χ2v) is 4.47. The van der Waals surface area contributed by atoms with E-state index >= 15 is 0 Å². The molecule has 0 spiro atoms. The van der Waals surface area contributed by atoms with Crippen LogP contribution in [0.25, 0.3) is 0 Å². The van der Waals surface area contributed by atoms with Gasteiger partial charge in [0.1, 0.15) is 11.4 Å². The maximum Gasteiger partial charge on any atom is 0.285 e. The van der Waals surface area contributed by atoms with Gasteiger partial charge in [-0.05, 0) is 29.8 Å². The predicted molar refractivity (Wildman–Crippen MR) is 77.0 cm³/mol. The number of anilines is 1. The summed E-state index contributed by atoms with van der Waals surface area (Å²) in [6.07, 6.45) is 0. The number of nitro groups is 1. The van der Waals surface area contributed by atoms with Crippen LogP contribution in [0.15, 0.2) is 42.5 Å². The van der Waals surface area contributed by atoms with Crippen LogP contribution in [0.4, 0.5) is 15.8 Å². The molecule has 2 rings (SSSR count). The molecule has 0 bridgehead atoms. The molecule has 0 atom stereocenters. The van der Waals surface area contributed by atoms with Gasteiger partial charge < -0.3 is 5.32 Å². The monoisotopic (exact) mass is 308 g/mol. The zero-order valence-electron chi connectivity index (χ0n) is 10.7. The lowest BCUT2D eigenvalue weighted by molar-refractivity contribution is -0.385. The number of carbonyl (C=O) groups is 1.